The van der Waals surface area contributed by atoms with E-state index in [0.717, 1.165) is 0 Å². The molecule has 0 aliphatic carbocycles. The third-order valence-corrected chi connectivity index (χ3v) is 4.40. The van der Waals surface area contributed by atoms with Crippen molar-refractivity contribution in [1.29, 1.82) is 0 Å². The summed E-state index contributed by atoms with van der Waals surface area (Å²) in [7, 11) is 1.44. The van der Waals surface area contributed by atoms with Gasteiger partial charge in [-0.25, -0.2) is 5.43 Å². The standard InChI is InChI=1S/C20H22BrN3O4/c1-12(2)17(23-19(26)13-7-5-4-6-8-13)20(27)24-22-11-14-9-15(21)10-16(28-3)18(14)25/h4-12,17,25H,1-3H3,(H,23,26)(H,24,27)/b22-11+. The Labute approximate surface area is 171 Å². The fourth-order valence-corrected chi connectivity index (χ4v) is 2.89. The van der Waals surface area contributed by atoms with Gasteiger partial charge in [0, 0.05) is 15.6 Å². The van der Waals surface area contributed by atoms with Crippen LogP contribution in [0.4, 0.5) is 0 Å². The number of aromatic hydroxyl groups is 1. The summed E-state index contributed by atoms with van der Waals surface area (Å²) in [6.07, 6.45) is 1.30. The van der Waals surface area contributed by atoms with E-state index in [0.29, 0.717) is 15.6 Å². The highest BCUT2D eigenvalue weighted by Crippen LogP contribution is 2.32. The van der Waals surface area contributed by atoms with Crippen molar-refractivity contribution in [2.75, 3.05) is 7.11 Å². The number of carbonyl (C=O) groups excluding carboxylic acids is 2. The summed E-state index contributed by atoms with van der Waals surface area (Å²) in [5.74, 6) is -0.772. The van der Waals surface area contributed by atoms with Crippen LogP contribution in [0, 0.1) is 5.92 Å². The Balaban J connectivity index is 2.08. The molecule has 0 saturated carbocycles. The Hall–Kier alpha value is -2.87. The van der Waals surface area contributed by atoms with Gasteiger partial charge in [0.2, 0.25) is 0 Å². The van der Waals surface area contributed by atoms with Gasteiger partial charge in [0.05, 0.1) is 13.3 Å². The lowest BCUT2D eigenvalue weighted by molar-refractivity contribution is -0.123. The van der Waals surface area contributed by atoms with Crippen LogP contribution in [-0.2, 0) is 4.79 Å². The summed E-state index contributed by atoms with van der Waals surface area (Å²) in [6, 6.07) is 11.1. The molecule has 0 saturated heterocycles. The van der Waals surface area contributed by atoms with E-state index in [2.05, 4.69) is 31.8 Å². The van der Waals surface area contributed by atoms with Gasteiger partial charge in [-0.3, -0.25) is 9.59 Å². The highest BCUT2D eigenvalue weighted by atomic mass is 79.9. The predicted octanol–water partition coefficient (Wildman–Crippen LogP) is 3.07. The molecule has 0 aliphatic heterocycles. The molecule has 8 heteroatoms. The SMILES string of the molecule is COc1cc(Br)cc(/C=N/NC(=O)C(NC(=O)c2ccccc2)C(C)C)c1O. The lowest BCUT2D eigenvalue weighted by atomic mass is 10.0. The highest BCUT2D eigenvalue weighted by molar-refractivity contribution is 9.10. The molecular weight excluding hydrogens is 426 g/mol. The minimum atomic E-state index is -0.768. The number of halogens is 1. The number of nitrogens with one attached hydrogen (secondary N) is 2. The minimum Gasteiger partial charge on any atom is -0.504 e. The van der Waals surface area contributed by atoms with Crippen LogP contribution in [0.2, 0.25) is 0 Å². The molecule has 1 unspecified atom stereocenters. The van der Waals surface area contributed by atoms with Crippen LogP contribution < -0.4 is 15.5 Å². The number of methoxy groups -OCH3 is 1. The van der Waals surface area contributed by atoms with Crippen LogP contribution in [0.1, 0.15) is 29.8 Å². The molecule has 0 heterocycles. The fraction of sp³-hybridized carbons (Fsp3) is 0.250. The van der Waals surface area contributed by atoms with Gasteiger partial charge in [-0.2, -0.15) is 5.10 Å². The maximum Gasteiger partial charge on any atom is 0.262 e. The van der Waals surface area contributed by atoms with E-state index in [4.69, 9.17) is 4.74 Å². The second-order valence-electron chi connectivity index (χ2n) is 6.34. The maximum atomic E-state index is 12.5. The molecule has 2 amide bonds. The van der Waals surface area contributed by atoms with Gasteiger partial charge in [-0.15, -0.1) is 0 Å². The van der Waals surface area contributed by atoms with Gasteiger partial charge < -0.3 is 15.2 Å². The molecule has 3 N–H and O–H groups in total. The largest absolute Gasteiger partial charge is 0.504 e. The van der Waals surface area contributed by atoms with Crippen molar-refractivity contribution in [3.8, 4) is 11.5 Å². The second-order valence-corrected chi connectivity index (χ2v) is 7.26. The number of nitrogens with zero attached hydrogens (tertiary/aromatic N) is 1. The summed E-state index contributed by atoms with van der Waals surface area (Å²) in [4.78, 5) is 24.8. The zero-order valence-corrected chi connectivity index (χ0v) is 17.4. The first-order chi connectivity index (χ1) is 13.3. The summed E-state index contributed by atoms with van der Waals surface area (Å²) in [6.45, 7) is 3.65. The van der Waals surface area contributed by atoms with E-state index in [1.165, 1.54) is 13.3 Å². The third-order valence-electron chi connectivity index (χ3n) is 3.94. The topological polar surface area (TPSA) is 100 Å². The molecule has 0 bridgehead atoms. The number of benzene rings is 2. The first-order valence-corrected chi connectivity index (χ1v) is 9.38. The Bertz CT molecular complexity index is 869. The molecule has 0 spiro atoms. The zero-order chi connectivity index (χ0) is 20.7. The summed E-state index contributed by atoms with van der Waals surface area (Å²) in [5, 5.41) is 16.7. The fourth-order valence-electron chi connectivity index (χ4n) is 2.43. The predicted molar refractivity (Wildman–Crippen MR) is 111 cm³/mol. The van der Waals surface area contributed by atoms with Gasteiger partial charge in [0.1, 0.15) is 6.04 Å². The lowest BCUT2D eigenvalue weighted by Gasteiger charge is -2.20. The first-order valence-electron chi connectivity index (χ1n) is 8.58. The Morgan fingerprint density at radius 1 is 1.21 bits per heavy atom. The normalized spacial score (nSPS) is 12.0. The van der Waals surface area contributed by atoms with Crippen molar-refractivity contribution in [2.45, 2.75) is 19.9 Å². The van der Waals surface area contributed by atoms with Gasteiger partial charge >= 0.3 is 0 Å². The van der Waals surface area contributed by atoms with E-state index in [1.807, 2.05) is 19.9 Å². The van der Waals surface area contributed by atoms with Crippen molar-refractivity contribution >= 4 is 34.0 Å². The highest BCUT2D eigenvalue weighted by Gasteiger charge is 2.24. The van der Waals surface area contributed by atoms with Crippen molar-refractivity contribution in [1.82, 2.24) is 10.7 Å². The average molecular weight is 448 g/mol. The van der Waals surface area contributed by atoms with Gasteiger partial charge in [-0.1, -0.05) is 48.0 Å². The van der Waals surface area contributed by atoms with Crippen LogP contribution in [-0.4, -0.2) is 36.3 Å². The van der Waals surface area contributed by atoms with E-state index < -0.39 is 11.9 Å². The van der Waals surface area contributed by atoms with Crippen LogP contribution in [0.15, 0.2) is 52.0 Å². The van der Waals surface area contributed by atoms with Crippen molar-refractivity contribution in [2.24, 2.45) is 11.0 Å². The lowest BCUT2D eigenvalue weighted by Crippen LogP contribution is -2.48. The first kappa shape index (κ1) is 21.4. The quantitative estimate of drug-likeness (QED) is 0.448. The number of hydrogen-bond acceptors (Lipinski definition) is 5. The van der Waals surface area contributed by atoms with Crippen molar-refractivity contribution in [3.05, 3.63) is 58.1 Å². The maximum absolute atomic E-state index is 12.5. The van der Waals surface area contributed by atoms with Crippen LogP contribution in [0.25, 0.3) is 0 Å². The number of phenols is 1. The van der Waals surface area contributed by atoms with Gasteiger partial charge in [-0.05, 0) is 30.2 Å². The molecule has 7 nitrogen and oxygen atoms in total. The Morgan fingerprint density at radius 3 is 2.50 bits per heavy atom. The number of hydrazone groups is 1. The van der Waals surface area contributed by atoms with E-state index in [-0.39, 0.29) is 23.3 Å². The summed E-state index contributed by atoms with van der Waals surface area (Å²) >= 11 is 3.31. The number of hydrogen-bond donors (Lipinski definition) is 3. The average Bonchev–Trinajstić information content (AvgIpc) is 2.68. The number of carbonyl (C=O) groups is 2. The molecule has 148 valence electrons. The summed E-state index contributed by atoms with van der Waals surface area (Å²) < 4.78 is 5.76. The number of phenolic OH excluding ortho intramolecular Hbond substituents is 1. The van der Waals surface area contributed by atoms with E-state index >= 15 is 0 Å². The molecule has 0 aromatic heterocycles. The molecule has 0 aliphatic rings. The molecular formula is C20H22BrN3O4. The molecule has 28 heavy (non-hydrogen) atoms. The molecule has 2 aromatic rings. The van der Waals surface area contributed by atoms with E-state index in [9.17, 15) is 14.7 Å². The Morgan fingerprint density at radius 2 is 1.89 bits per heavy atom. The third kappa shape index (κ3) is 5.56. The number of ether oxygens (including phenoxy) is 1. The molecule has 1 atom stereocenters. The summed E-state index contributed by atoms with van der Waals surface area (Å²) in [5.41, 5.74) is 3.23. The molecule has 0 fully saturated rings. The molecule has 0 radical (unpaired) electrons. The van der Waals surface area contributed by atoms with Crippen molar-refractivity contribution in [3.63, 3.8) is 0 Å². The van der Waals surface area contributed by atoms with E-state index in [1.54, 1.807) is 36.4 Å². The van der Waals surface area contributed by atoms with Crippen LogP contribution in [0.3, 0.4) is 0 Å². The number of rotatable bonds is 7. The smallest absolute Gasteiger partial charge is 0.262 e. The number of amides is 2. The minimum absolute atomic E-state index is 0.0958. The molecule has 2 aromatic carbocycles. The monoisotopic (exact) mass is 447 g/mol. The second kappa shape index (κ2) is 9.89. The van der Waals surface area contributed by atoms with Crippen LogP contribution >= 0.6 is 15.9 Å². The van der Waals surface area contributed by atoms with Crippen molar-refractivity contribution < 1.29 is 19.4 Å². The van der Waals surface area contributed by atoms with Gasteiger partial charge in [0.15, 0.2) is 11.5 Å². The zero-order valence-electron chi connectivity index (χ0n) is 15.8. The Kier molecular flexibility index (Phi) is 7.57. The molecule has 2 rings (SSSR count). The van der Waals surface area contributed by atoms with Crippen LogP contribution in [0.5, 0.6) is 11.5 Å². The van der Waals surface area contributed by atoms with Gasteiger partial charge in [0.25, 0.3) is 11.8 Å².